The first-order valence-corrected chi connectivity index (χ1v) is 8.33. The van der Waals surface area contributed by atoms with Gasteiger partial charge in [-0.2, -0.15) is 5.10 Å². The van der Waals surface area contributed by atoms with E-state index < -0.39 is 0 Å². The van der Waals surface area contributed by atoms with Crippen molar-refractivity contribution in [2.24, 2.45) is 5.10 Å². The number of nitrogens with one attached hydrogen (secondary N) is 2. The molecule has 7 nitrogen and oxygen atoms in total. The van der Waals surface area contributed by atoms with Crippen LogP contribution < -0.4 is 15.5 Å². The zero-order valence-corrected chi connectivity index (χ0v) is 13.8. The maximum Gasteiger partial charge on any atom is 0.273 e. The molecule has 3 rings (SSSR count). The van der Waals surface area contributed by atoms with Crippen molar-refractivity contribution in [1.29, 1.82) is 0 Å². The Morgan fingerprint density at radius 3 is 2.83 bits per heavy atom. The normalized spacial score (nSPS) is 15.2. The molecule has 1 aliphatic heterocycles. The van der Waals surface area contributed by atoms with Gasteiger partial charge < -0.3 is 4.74 Å². The van der Waals surface area contributed by atoms with Crippen molar-refractivity contribution >= 4 is 34.0 Å². The van der Waals surface area contributed by atoms with Crippen molar-refractivity contribution in [3.05, 3.63) is 41.4 Å². The van der Waals surface area contributed by atoms with Crippen molar-refractivity contribution < 1.29 is 14.3 Å². The lowest BCUT2D eigenvalue weighted by molar-refractivity contribution is -0.121. The van der Waals surface area contributed by atoms with Gasteiger partial charge in [-0.15, -0.1) is 11.3 Å². The van der Waals surface area contributed by atoms with Gasteiger partial charge in [0.15, 0.2) is 5.13 Å². The molecular weight excluding hydrogens is 328 g/mol. The van der Waals surface area contributed by atoms with E-state index in [1.165, 1.54) is 11.3 Å². The molecule has 1 atom stereocenters. The molecule has 0 saturated carbocycles. The Labute approximate surface area is 142 Å². The number of carbonyl (C=O) groups excluding carboxylic acids is 2. The van der Waals surface area contributed by atoms with Gasteiger partial charge in [0.25, 0.3) is 5.91 Å². The molecule has 0 spiro atoms. The van der Waals surface area contributed by atoms with Crippen LogP contribution in [-0.2, 0) is 9.59 Å². The molecular formula is C16H16N4O3S. The van der Waals surface area contributed by atoms with Crippen LogP contribution in [0.5, 0.6) is 5.75 Å². The molecule has 0 fully saturated rings. The highest BCUT2D eigenvalue weighted by atomic mass is 32.1. The van der Waals surface area contributed by atoms with E-state index in [1.54, 1.807) is 0 Å². The van der Waals surface area contributed by atoms with Crippen molar-refractivity contribution in [1.82, 2.24) is 10.4 Å². The predicted octanol–water partition coefficient (Wildman–Crippen LogP) is 2.49. The van der Waals surface area contributed by atoms with Crippen LogP contribution in [0.2, 0.25) is 0 Å². The van der Waals surface area contributed by atoms with Crippen LogP contribution >= 0.6 is 11.3 Å². The summed E-state index contributed by atoms with van der Waals surface area (Å²) in [6.07, 6.45) is 0.349. The van der Waals surface area contributed by atoms with Crippen molar-refractivity contribution in [3.8, 4) is 5.75 Å². The molecule has 1 aliphatic rings. The zero-order chi connectivity index (χ0) is 16.9. The van der Waals surface area contributed by atoms with Crippen LogP contribution in [0.15, 0.2) is 40.8 Å². The van der Waals surface area contributed by atoms with E-state index in [-0.39, 0.29) is 24.3 Å². The minimum Gasteiger partial charge on any atom is -0.484 e. The summed E-state index contributed by atoms with van der Waals surface area (Å²) in [5, 5.41) is 8.77. The number of aromatic nitrogens is 1. The highest BCUT2D eigenvalue weighted by molar-refractivity contribution is 7.14. The van der Waals surface area contributed by atoms with E-state index in [4.69, 9.17) is 4.74 Å². The van der Waals surface area contributed by atoms with Gasteiger partial charge in [0.1, 0.15) is 17.6 Å². The SMILES string of the molecule is CC(Oc1ccccc1)c1csc(NC(=O)C2=NNC(=O)CC2)n1. The highest BCUT2D eigenvalue weighted by Gasteiger charge is 2.20. The molecule has 1 aromatic carbocycles. The smallest absolute Gasteiger partial charge is 0.273 e. The Morgan fingerprint density at radius 1 is 1.33 bits per heavy atom. The molecule has 1 aromatic heterocycles. The van der Waals surface area contributed by atoms with E-state index in [0.717, 1.165) is 11.4 Å². The molecule has 2 amide bonds. The fraction of sp³-hybridized carbons (Fsp3) is 0.250. The third kappa shape index (κ3) is 3.96. The summed E-state index contributed by atoms with van der Waals surface area (Å²) in [6.45, 7) is 1.90. The second-order valence-electron chi connectivity index (χ2n) is 5.20. The lowest BCUT2D eigenvalue weighted by Gasteiger charge is -2.12. The van der Waals surface area contributed by atoms with E-state index in [2.05, 4.69) is 20.8 Å². The number of carbonyl (C=O) groups is 2. The van der Waals surface area contributed by atoms with Crippen LogP contribution in [0.3, 0.4) is 0 Å². The van der Waals surface area contributed by atoms with Gasteiger partial charge in [0, 0.05) is 18.2 Å². The first-order valence-electron chi connectivity index (χ1n) is 7.45. The number of hydrazone groups is 1. The maximum absolute atomic E-state index is 12.1. The molecule has 1 unspecified atom stereocenters. The summed E-state index contributed by atoms with van der Waals surface area (Å²) in [4.78, 5) is 27.5. The van der Waals surface area contributed by atoms with Gasteiger partial charge in [0.2, 0.25) is 5.91 Å². The fourth-order valence-electron chi connectivity index (χ4n) is 2.10. The average molecular weight is 344 g/mol. The fourth-order valence-corrected chi connectivity index (χ4v) is 2.89. The third-order valence-electron chi connectivity index (χ3n) is 3.38. The first kappa shape index (κ1) is 16.1. The molecule has 0 radical (unpaired) electrons. The summed E-state index contributed by atoms with van der Waals surface area (Å²) in [5.41, 5.74) is 3.33. The van der Waals surface area contributed by atoms with Crippen molar-refractivity contribution in [2.45, 2.75) is 25.9 Å². The van der Waals surface area contributed by atoms with E-state index >= 15 is 0 Å². The number of nitrogens with zero attached hydrogens (tertiary/aromatic N) is 2. The van der Waals surface area contributed by atoms with Gasteiger partial charge in [-0.1, -0.05) is 18.2 Å². The number of ether oxygens (including phenoxy) is 1. The maximum atomic E-state index is 12.1. The second-order valence-corrected chi connectivity index (χ2v) is 6.06. The van der Waals surface area contributed by atoms with Crippen LogP contribution in [0, 0.1) is 0 Å². The first-order chi connectivity index (χ1) is 11.6. The Hall–Kier alpha value is -2.74. The summed E-state index contributed by atoms with van der Waals surface area (Å²) in [7, 11) is 0. The number of benzene rings is 1. The largest absolute Gasteiger partial charge is 0.484 e. The average Bonchev–Trinajstić information content (AvgIpc) is 3.05. The molecule has 0 aliphatic carbocycles. The Bertz CT molecular complexity index is 773. The van der Waals surface area contributed by atoms with Gasteiger partial charge in [-0.3, -0.25) is 14.9 Å². The van der Waals surface area contributed by atoms with Crippen LogP contribution in [-0.4, -0.2) is 22.5 Å². The Morgan fingerprint density at radius 2 is 2.12 bits per heavy atom. The predicted molar refractivity (Wildman–Crippen MR) is 91.0 cm³/mol. The minimum absolute atomic E-state index is 0.185. The van der Waals surface area contributed by atoms with E-state index in [0.29, 0.717) is 17.3 Å². The number of anilines is 1. The van der Waals surface area contributed by atoms with Gasteiger partial charge in [-0.05, 0) is 19.1 Å². The second kappa shape index (κ2) is 7.22. The van der Waals surface area contributed by atoms with E-state index in [1.807, 2.05) is 42.6 Å². The Kier molecular flexibility index (Phi) is 4.85. The molecule has 24 heavy (non-hydrogen) atoms. The Balaban J connectivity index is 1.61. The lowest BCUT2D eigenvalue weighted by Crippen LogP contribution is -2.32. The number of amides is 2. The van der Waals surface area contributed by atoms with Crippen molar-refractivity contribution in [3.63, 3.8) is 0 Å². The monoisotopic (exact) mass is 344 g/mol. The molecule has 0 saturated heterocycles. The number of rotatable bonds is 5. The summed E-state index contributed by atoms with van der Waals surface area (Å²) < 4.78 is 5.81. The van der Waals surface area contributed by atoms with Gasteiger partial charge in [0.05, 0.1) is 5.69 Å². The van der Waals surface area contributed by atoms with Gasteiger partial charge in [-0.25, -0.2) is 10.4 Å². The number of thiazole rings is 1. The zero-order valence-electron chi connectivity index (χ0n) is 13.0. The number of para-hydroxylation sites is 1. The lowest BCUT2D eigenvalue weighted by atomic mass is 10.2. The van der Waals surface area contributed by atoms with Gasteiger partial charge >= 0.3 is 0 Å². The molecule has 8 heteroatoms. The quantitative estimate of drug-likeness (QED) is 0.871. The molecule has 0 bridgehead atoms. The summed E-state index contributed by atoms with van der Waals surface area (Å²) in [5.74, 6) is 0.221. The topological polar surface area (TPSA) is 92.7 Å². The van der Waals surface area contributed by atoms with E-state index in [9.17, 15) is 9.59 Å². The summed E-state index contributed by atoms with van der Waals surface area (Å²) >= 11 is 1.32. The highest BCUT2D eigenvalue weighted by Crippen LogP contribution is 2.25. The van der Waals surface area contributed by atoms with Crippen LogP contribution in [0.1, 0.15) is 31.6 Å². The van der Waals surface area contributed by atoms with Crippen LogP contribution in [0.25, 0.3) is 0 Å². The number of hydrogen-bond donors (Lipinski definition) is 2. The molecule has 2 heterocycles. The third-order valence-corrected chi connectivity index (χ3v) is 4.16. The van der Waals surface area contributed by atoms with Crippen LogP contribution in [0.4, 0.5) is 5.13 Å². The number of hydrogen-bond acceptors (Lipinski definition) is 6. The summed E-state index contributed by atoms with van der Waals surface area (Å²) in [6, 6.07) is 9.48. The minimum atomic E-state index is -0.354. The standard InChI is InChI=1S/C16H16N4O3S/c1-10(23-11-5-3-2-4-6-11)13-9-24-16(17-13)18-15(22)12-7-8-14(21)20-19-12/h2-6,9-10H,7-8H2,1H3,(H,20,21)(H,17,18,22). The van der Waals surface area contributed by atoms with Crippen molar-refractivity contribution in [2.75, 3.05) is 5.32 Å². The molecule has 2 N–H and O–H groups in total. The molecule has 2 aromatic rings. The molecule has 124 valence electrons.